The van der Waals surface area contributed by atoms with Crippen molar-refractivity contribution in [3.8, 4) is 0 Å². The van der Waals surface area contributed by atoms with Crippen molar-refractivity contribution in [3.05, 3.63) is 37.5 Å². The first kappa shape index (κ1) is 16.1. The third-order valence-corrected chi connectivity index (χ3v) is 0.333. The molecule has 10 heavy (non-hydrogen) atoms. The highest BCUT2D eigenvalue weighted by molar-refractivity contribution is 4.68. The monoisotopic (exact) mass is 140 g/mol. The van der Waals surface area contributed by atoms with Gasteiger partial charge in [0.25, 0.3) is 0 Å². The molecule has 0 aliphatic heterocycles. The lowest BCUT2D eigenvalue weighted by Gasteiger charge is -1.49. The van der Waals surface area contributed by atoms with E-state index >= 15 is 0 Å². The first-order valence-corrected chi connectivity index (χ1v) is 3.46. The number of hydrogen-bond donors (Lipinski definition) is 0. The smallest absolute Gasteiger partial charge is 0.0470 e. The second kappa shape index (κ2) is 41.3. The molecule has 0 atom stereocenters. The van der Waals surface area contributed by atoms with E-state index in [-0.39, 0.29) is 0 Å². The van der Waals surface area contributed by atoms with Crippen LogP contribution in [0.15, 0.2) is 37.5 Å². The van der Waals surface area contributed by atoms with Crippen molar-refractivity contribution in [1.82, 2.24) is 0 Å². The second-order valence-corrected chi connectivity index (χ2v) is 1.48. The molecule has 0 rings (SSSR count). The van der Waals surface area contributed by atoms with Crippen LogP contribution in [-0.4, -0.2) is 0 Å². The number of hydrogen-bond acceptors (Lipinski definition) is 0. The summed E-state index contributed by atoms with van der Waals surface area (Å²) in [5, 5.41) is 0. The molecule has 0 amide bonds. The molecule has 0 aromatic carbocycles. The van der Waals surface area contributed by atoms with Crippen molar-refractivity contribution in [2.45, 2.75) is 27.7 Å². The van der Waals surface area contributed by atoms with Crippen LogP contribution in [0.4, 0.5) is 0 Å². The molecule has 0 heterocycles. The van der Waals surface area contributed by atoms with Crippen LogP contribution in [0.3, 0.4) is 0 Å². The van der Waals surface area contributed by atoms with Gasteiger partial charge in [-0.3, -0.25) is 0 Å². The average Bonchev–Trinajstić information content (AvgIpc) is 1.91. The summed E-state index contributed by atoms with van der Waals surface area (Å²) in [6.07, 6.45) is 7.50. The van der Waals surface area contributed by atoms with Crippen LogP contribution >= 0.6 is 0 Å². The zero-order valence-electron chi connectivity index (χ0n) is 7.72. The molecule has 0 heteroatoms. The first-order valence-electron chi connectivity index (χ1n) is 3.46. The minimum atomic E-state index is 1.75. The maximum Gasteiger partial charge on any atom is -0.0470 e. The fourth-order valence-corrected chi connectivity index (χ4v) is 0. The molecule has 0 saturated carbocycles. The lowest BCUT2D eigenvalue weighted by Crippen LogP contribution is -1.26. The molecule has 60 valence electrons. The molecular weight excluding hydrogens is 120 g/mol. The Morgan fingerprint density at radius 2 is 0.800 bits per heavy atom. The van der Waals surface area contributed by atoms with E-state index in [2.05, 4.69) is 13.2 Å². The summed E-state index contributed by atoms with van der Waals surface area (Å²) in [4.78, 5) is 0. The summed E-state index contributed by atoms with van der Waals surface area (Å²) in [7, 11) is 0. The zero-order valence-corrected chi connectivity index (χ0v) is 7.72. The van der Waals surface area contributed by atoms with Crippen LogP contribution in [0.1, 0.15) is 27.7 Å². The second-order valence-electron chi connectivity index (χ2n) is 1.48. The summed E-state index contributed by atoms with van der Waals surface area (Å²) in [5.41, 5.74) is 0. The van der Waals surface area contributed by atoms with Gasteiger partial charge in [0.2, 0.25) is 0 Å². The van der Waals surface area contributed by atoms with Gasteiger partial charge in [0.15, 0.2) is 0 Å². The van der Waals surface area contributed by atoms with E-state index in [0.29, 0.717) is 0 Å². The van der Waals surface area contributed by atoms with Crippen molar-refractivity contribution >= 4 is 0 Å². The Bertz CT molecular complexity index is 58.1. The molecule has 0 nitrogen and oxygen atoms in total. The zero-order chi connectivity index (χ0) is 8.83. The Balaban J connectivity index is -0.0000000750. The molecule has 0 aliphatic rings. The minimum absolute atomic E-state index is 1.75. The van der Waals surface area contributed by atoms with E-state index in [1.165, 1.54) is 0 Å². The van der Waals surface area contributed by atoms with Crippen molar-refractivity contribution in [1.29, 1.82) is 0 Å². The summed E-state index contributed by atoms with van der Waals surface area (Å²) >= 11 is 0. The van der Waals surface area contributed by atoms with Crippen LogP contribution < -0.4 is 0 Å². The Labute approximate surface area is 66.0 Å². The van der Waals surface area contributed by atoms with Gasteiger partial charge in [-0.05, 0) is 27.7 Å². The predicted molar refractivity (Wildman–Crippen MR) is 52.2 cm³/mol. The fourth-order valence-electron chi connectivity index (χ4n) is 0. The van der Waals surface area contributed by atoms with Gasteiger partial charge >= 0.3 is 0 Å². The van der Waals surface area contributed by atoms with E-state index in [9.17, 15) is 0 Å². The van der Waals surface area contributed by atoms with E-state index < -0.39 is 0 Å². The third kappa shape index (κ3) is 5770. The molecule has 0 saturated heterocycles. The summed E-state index contributed by atoms with van der Waals surface area (Å²) in [6, 6.07) is 0. The topological polar surface area (TPSA) is 0 Å². The SMILES string of the molecule is C/C=C/C.C=CC.C=CC. The van der Waals surface area contributed by atoms with E-state index in [1.54, 1.807) is 12.2 Å². The number of rotatable bonds is 0. The Morgan fingerprint density at radius 1 is 0.700 bits per heavy atom. The van der Waals surface area contributed by atoms with Crippen LogP contribution in [0.2, 0.25) is 0 Å². The molecule has 0 aliphatic carbocycles. The van der Waals surface area contributed by atoms with Crippen molar-refractivity contribution in [3.63, 3.8) is 0 Å². The van der Waals surface area contributed by atoms with E-state index in [4.69, 9.17) is 0 Å². The molecule has 0 bridgehead atoms. The molecule has 0 aromatic rings. The maximum atomic E-state index is 3.36. The lowest BCUT2D eigenvalue weighted by molar-refractivity contribution is 1.64. The first-order chi connectivity index (χ1) is 4.74. The molecule has 0 radical (unpaired) electrons. The van der Waals surface area contributed by atoms with E-state index in [0.717, 1.165) is 0 Å². The Morgan fingerprint density at radius 3 is 0.800 bits per heavy atom. The van der Waals surface area contributed by atoms with Gasteiger partial charge in [0.05, 0.1) is 0 Å². The largest absolute Gasteiger partial charge is 0.103 e. The fraction of sp³-hybridized carbons (Fsp3) is 0.400. The Kier molecular flexibility index (Phi) is 66.5. The molecular formula is C10H20. The number of allylic oxidation sites excluding steroid dienone is 4. The molecule has 0 fully saturated rings. The van der Waals surface area contributed by atoms with Gasteiger partial charge < -0.3 is 0 Å². The Hall–Kier alpha value is -0.780. The third-order valence-electron chi connectivity index (χ3n) is 0.333. The molecule has 0 aromatic heterocycles. The highest BCUT2D eigenvalue weighted by atomic mass is 13.4. The summed E-state index contributed by atoms with van der Waals surface area (Å²) in [5.74, 6) is 0. The average molecular weight is 140 g/mol. The van der Waals surface area contributed by atoms with E-state index in [1.807, 2.05) is 39.8 Å². The van der Waals surface area contributed by atoms with Crippen LogP contribution in [0.25, 0.3) is 0 Å². The van der Waals surface area contributed by atoms with Gasteiger partial charge in [-0.1, -0.05) is 24.3 Å². The van der Waals surface area contributed by atoms with Crippen LogP contribution in [0.5, 0.6) is 0 Å². The van der Waals surface area contributed by atoms with Gasteiger partial charge in [-0.2, -0.15) is 0 Å². The lowest BCUT2D eigenvalue weighted by atomic mass is 10.6. The summed E-state index contributed by atoms with van der Waals surface area (Å²) in [6.45, 7) is 14.5. The maximum absolute atomic E-state index is 3.36. The van der Waals surface area contributed by atoms with Gasteiger partial charge in [-0.15, -0.1) is 13.2 Å². The summed E-state index contributed by atoms with van der Waals surface area (Å²) < 4.78 is 0. The van der Waals surface area contributed by atoms with Crippen molar-refractivity contribution in [2.75, 3.05) is 0 Å². The normalized spacial score (nSPS) is 6.40. The van der Waals surface area contributed by atoms with Crippen LogP contribution in [-0.2, 0) is 0 Å². The van der Waals surface area contributed by atoms with Gasteiger partial charge in [0, 0.05) is 0 Å². The molecule has 0 spiro atoms. The standard InChI is InChI=1S/C4H8.2C3H6/c1-3-4-2;2*1-3-2/h3-4H,1-2H3;2*3H,1H2,2H3/b4-3+;;. The highest BCUT2D eigenvalue weighted by Gasteiger charge is 1.34. The molecule has 0 unspecified atom stereocenters. The predicted octanol–water partition coefficient (Wildman–Crippen LogP) is 3.97. The minimum Gasteiger partial charge on any atom is -0.103 e. The van der Waals surface area contributed by atoms with Gasteiger partial charge in [-0.25, -0.2) is 0 Å². The van der Waals surface area contributed by atoms with Crippen molar-refractivity contribution < 1.29 is 0 Å². The van der Waals surface area contributed by atoms with Crippen LogP contribution in [0, 0.1) is 0 Å². The quantitative estimate of drug-likeness (QED) is 0.447. The molecule has 0 N–H and O–H groups in total. The highest BCUT2D eigenvalue weighted by Crippen LogP contribution is 1.57. The van der Waals surface area contributed by atoms with Crippen molar-refractivity contribution in [2.24, 2.45) is 0 Å². The van der Waals surface area contributed by atoms with Gasteiger partial charge in [0.1, 0.15) is 0 Å².